The average Bonchev–Trinajstić information content (AvgIpc) is 2.68. The molecule has 0 radical (unpaired) electrons. The molecule has 22 heavy (non-hydrogen) atoms. The fraction of sp³-hybridized carbons (Fsp3) is 0.385. The molecule has 1 unspecified atom stereocenters. The van der Waals surface area contributed by atoms with E-state index in [9.17, 15) is 19.4 Å². The second-order valence-electron chi connectivity index (χ2n) is 4.61. The highest BCUT2D eigenvalue weighted by Gasteiger charge is 2.54. The van der Waals surface area contributed by atoms with Gasteiger partial charge in [0.15, 0.2) is 23.2 Å². The Labute approximate surface area is 123 Å². The number of nitrogens with zero attached hydrogens (tertiary/aromatic N) is 2. The Bertz CT molecular complexity index is 763. The number of halogens is 2. The van der Waals surface area contributed by atoms with E-state index in [0.29, 0.717) is 10.8 Å². The van der Waals surface area contributed by atoms with E-state index in [1.54, 1.807) is 0 Å². The minimum absolute atomic E-state index is 0.474. The third kappa shape index (κ3) is 2.27. The van der Waals surface area contributed by atoms with Gasteiger partial charge in [-0.3, -0.25) is 4.57 Å². The van der Waals surface area contributed by atoms with Gasteiger partial charge in [-0.15, -0.1) is 5.92 Å². The summed E-state index contributed by atoms with van der Waals surface area (Å²) in [7, 11) is 0. The lowest BCUT2D eigenvalue weighted by molar-refractivity contribution is -0.0209. The second-order valence-corrected chi connectivity index (χ2v) is 4.61. The smallest absolute Gasteiger partial charge is 0.352 e. The molecule has 2 rings (SSSR count). The van der Waals surface area contributed by atoms with E-state index in [4.69, 9.17) is 10.5 Å². The SMILES string of the molecule is CC#CC1(F)C(O)=C([C@@H](C)O)O[C@H]1n1cc(F)c(N)nc1=O. The third-order valence-electron chi connectivity index (χ3n) is 3.03. The number of nitrogen functional groups attached to an aromatic ring is 1. The number of anilines is 1. The summed E-state index contributed by atoms with van der Waals surface area (Å²) in [4.78, 5) is 15.0. The molecule has 1 aromatic heterocycles. The normalized spacial score (nSPS) is 25.4. The summed E-state index contributed by atoms with van der Waals surface area (Å²) in [5.41, 5.74) is 1.22. The Morgan fingerprint density at radius 3 is 2.82 bits per heavy atom. The Kier molecular flexibility index (Phi) is 3.81. The molecule has 1 aromatic rings. The van der Waals surface area contributed by atoms with Gasteiger partial charge in [0, 0.05) is 0 Å². The topological polar surface area (TPSA) is 111 Å². The van der Waals surface area contributed by atoms with E-state index in [2.05, 4.69) is 16.8 Å². The average molecular weight is 313 g/mol. The predicted molar refractivity (Wildman–Crippen MR) is 71.6 cm³/mol. The molecule has 1 aliphatic heterocycles. The molecular weight excluding hydrogens is 300 g/mol. The van der Waals surface area contributed by atoms with Crippen molar-refractivity contribution in [1.82, 2.24) is 9.55 Å². The zero-order chi connectivity index (χ0) is 16.7. The standard InChI is InChI=1S/C13H13F2N3O4/c1-3-4-13(15)9(20)8(6(2)19)22-11(13)18-5-7(14)10(16)17-12(18)21/h5-6,11,19-20H,1-2H3,(H2,16,17,21)/t6-,11-,13?/m1/s1. The zero-order valence-corrected chi connectivity index (χ0v) is 11.7. The molecule has 0 fully saturated rings. The van der Waals surface area contributed by atoms with Gasteiger partial charge in [0.1, 0.15) is 6.10 Å². The monoisotopic (exact) mass is 313 g/mol. The molecule has 7 nitrogen and oxygen atoms in total. The van der Waals surface area contributed by atoms with E-state index < -0.39 is 46.8 Å². The molecule has 0 saturated carbocycles. The Balaban J connectivity index is 2.64. The number of aliphatic hydroxyl groups is 2. The summed E-state index contributed by atoms with van der Waals surface area (Å²) < 4.78 is 34.1. The van der Waals surface area contributed by atoms with Crippen molar-refractivity contribution in [1.29, 1.82) is 0 Å². The molecule has 2 heterocycles. The van der Waals surface area contributed by atoms with Crippen molar-refractivity contribution >= 4 is 5.82 Å². The highest BCUT2D eigenvalue weighted by Crippen LogP contribution is 2.43. The first-order valence-corrected chi connectivity index (χ1v) is 6.17. The maximum absolute atomic E-state index is 15.0. The number of aliphatic hydroxyl groups excluding tert-OH is 2. The van der Waals surface area contributed by atoms with Gasteiger partial charge in [-0.1, -0.05) is 0 Å². The molecule has 3 atom stereocenters. The largest absolute Gasteiger partial charge is 0.505 e. The maximum Gasteiger partial charge on any atom is 0.352 e. The predicted octanol–water partition coefficient (Wildman–Crippen LogP) is 0.375. The molecule has 0 saturated heterocycles. The Hall–Kier alpha value is -2.60. The van der Waals surface area contributed by atoms with Crippen molar-refractivity contribution in [2.24, 2.45) is 0 Å². The molecule has 0 aromatic carbocycles. The van der Waals surface area contributed by atoms with Gasteiger partial charge < -0.3 is 20.7 Å². The first kappa shape index (κ1) is 15.8. The van der Waals surface area contributed by atoms with E-state index in [1.807, 2.05) is 0 Å². The van der Waals surface area contributed by atoms with Crippen LogP contribution in [0.4, 0.5) is 14.6 Å². The van der Waals surface area contributed by atoms with Crippen LogP contribution in [0.15, 0.2) is 22.5 Å². The van der Waals surface area contributed by atoms with Gasteiger partial charge in [0.05, 0.1) is 6.20 Å². The van der Waals surface area contributed by atoms with Crippen molar-refractivity contribution in [2.75, 3.05) is 5.73 Å². The molecule has 118 valence electrons. The van der Waals surface area contributed by atoms with E-state index in [0.717, 1.165) is 0 Å². The summed E-state index contributed by atoms with van der Waals surface area (Å²) in [5, 5.41) is 19.4. The lowest BCUT2D eigenvalue weighted by atomic mass is 10.0. The molecule has 0 amide bonds. The minimum Gasteiger partial charge on any atom is -0.505 e. The number of hydrogen-bond donors (Lipinski definition) is 3. The van der Waals surface area contributed by atoms with Gasteiger partial charge in [-0.2, -0.15) is 4.98 Å². The minimum atomic E-state index is -2.84. The van der Waals surface area contributed by atoms with Gasteiger partial charge >= 0.3 is 5.69 Å². The quantitative estimate of drug-likeness (QED) is 0.681. The fourth-order valence-electron chi connectivity index (χ4n) is 2.03. The van der Waals surface area contributed by atoms with Gasteiger partial charge in [-0.25, -0.2) is 13.6 Å². The summed E-state index contributed by atoms with van der Waals surface area (Å²) in [6.07, 6.45) is -2.61. The first-order valence-electron chi connectivity index (χ1n) is 6.17. The molecule has 1 aliphatic rings. The van der Waals surface area contributed by atoms with Crippen LogP contribution in [0.5, 0.6) is 0 Å². The summed E-state index contributed by atoms with van der Waals surface area (Å²) >= 11 is 0. The van der Waals surface area contributed by atoms with Gasteiger partial charge in [-0.05, 0) is 19.8 Å². The fourth-order valence-corrected chi connectivity index (χ4v) is 2.03. The summed E-state index contributed by atoms with van der Waals surface area (Å²) in [6.45, 7) is 2.52. The van der Waals surface area contributed by atoms with Crippen molar-refractivity contribution in [2.45, 2.75) is 31.8 Å². The zero-order valence-electron chi connectivity index (χ0n) is 11.7. The third-order valence-corrected chi connectivity index (χ3v) is 3.03. The molecule has 0 aliphatic carbocycles. The molecule has 0 bridgehead atoms. The van der Waals surface area contributed by atoms with Crippen LogP contribution in [-0.4, -0.2) is 31.5 Å². The number of aromatic nitrogens is 2. The number of rotatable bonds is 2. The lowest BCUT2D eigenvalue weighted by Gasteiger charge is -2.23. The van der Waals surface area contributed by atoms with Crippen LogP contribution in [0.25, 0.3) is 0 Å². The summed E-state index contributed by atoms with van der Waals surface area (Å²) in [5.74, 6) is 1.11. The van der Waals surface area contributed by atoms with Crippen LogP contribution in [0, 0.1) is 17.7 Å². The van der Waals surface area contributed by atoms with Gasteiger partial charge in [0.25, 0.3) is 5.67 Å². The van der Waals surface area contributed by atoms with Crippen LogP contribution in [-0.2, 0) is 4.74 Å². The van der Waals surface area contributed by atoms with E-state index >= 15 is 4.39 Å². The molecule has 4 N–H and O–H groups in total. The van der Waals surface area contributed by atoms with E-state index in [1.165, 1.54) is 13.8 Å². The number of ether oxygens (including phenoxy) is 1. The van der Waals surface area contributed by atoms with Crippen LogP contribution in [0.3, 0.4) is 0 Å². The van der Waals surface area contributed by atoms with Crippen molar-refractivity contribution in [3.8, 4) is 11.8 Å². The molecule has 9 heteroatoms. The number of nitrogens with two attached hydrogens (primary N) is 1. The van der Waals surface area contributed by atoms with Crippen LogP contribution in [0.2, 0.25) is 0 Å². The number of hydrogen-bond acceptors (Lipinski definition) is 6. The van der Waals surface area contributed by atoms with Crippen molar-refractivity contribution < 1.29 is 23.7 Å². The summed E-state index contributed by atoms with van der Waals surface area (Å²) in [6, 6.07) is 0. The highest BCUT2D eigenvalue weighted by atomic mass is 19.1. The van der Waals surface area contributed by atoms with Crippen molar-refractivity contribution in [3.05, 3.63) is 34.0 Å². The Morgan fingerprint density at radius 2 is 2.27 bits per heavy atom. The van der Waals surface area contributed by atoms with Crippen LogP contribution >= 0.6 is 0 Å². The Morgan fingerprint density at radius 1 is 1.64 bits per heavy atom. The number of alkyl halides is 1. The van der Waals surface area contributed by atoms with Crippen LogP contribution in [0.1, 0.15) is 20.1 Å². The first-order chi connectivity index (χ1) is 10.2. The lowest BCUT2D eigenvalue weighted by Crippen LogP contribution is -2.39. The second kappa shape index (κ2) is 5.31. The van der Waals surface area contributed by atoms with Crippen LogP contribution < -0.4 is 11.4 Å². The van der Waals surface area contributed by atoms with Gasteiger partial charge in [0.2, 0.25) is 6.23 Å². The molecule has 0 spiro atoms. The highest BCUT2D eigenvalue weighted by molar-refractivity contribution is 5.36. The molecular formula is C13H13F2N3O4. The van der Waals surface area contributed by atoms with E-state index in [-0.39, 0.29) is 0 Å². The maximum atomic E-state index is 15.0. The van der Waals surface area contributed by atoms with Crippen molar-refractivity contribution in [3.63, 3.8) is 0 Å².